The van der Waals surface area contributed by atoms with Crippen LogP contribution in [0, 0.1) is 11.3 Å². The first-order chi connectivity index (χ1) is 10.0. The molecule has 0 amide bonds. The molecule has 0 radical (unpaired) electrons. The maximum atomic E-state index is 12.2. The van der Waals surface area contributed by atoms with Gasteiger partial charge in [0.15, 0.2) is 6.10 Å². The summed E-state index contributed by atoms with van der Waals surface area (Å²) in [6.45, 7) is 1.64. The van der Waals surface area contributed by atoms with E-state index in [1.165, 1.54) is 6.07 Å². The third-order valence-electron chi connectivity index (χ3n) is 2.86. The van der Waals surface area contributed by atoms with E-state index in [1.807, 2.05) is 6.07 Å². The van der Waals surface area contributed by atoms with Crippen LogP contribution in [0.5, 0.6) is 5.75 Å². The van der Waals surface area contributed by atoms with Crippen molar-refractivity contribution in [3.8, 4) is 11.8 Å². The topological polar surface area (TPSA) is 50.1 Å². The Balaban J connectivity index is 2.14. The number of rotatable bonds is 4. The van der Waals surface area contributed by atoms with E-state index in [1.54, 1.807) is 43.3 Å². The van der Waals surface area contributed by atoms with Gasteiger partial charge >= 0.3 is 0 Å². The highest BCUT2D eigenvalue weighted by Crippen LogP contribution is 2.26. The van der Waals surface area contributed by atoms with Crippen molar-refractivity contribution in [2.45, 2.75) is 13.0 Å². The van der Waals surface area contributed by atoms with Gasteiger partial charge < -0.3 is 4.74 Å². The first-order valence-corrected chi connectivity index (χ1v) is 6.93. The second kappa shape index (κ2) is 6.62. The number of nitrogens with zero attached hydrogens (tertiary/aromatic N) is 1. The van der Waals surface area contributed by atoms with Gasteiger partial charge in [-0.15, -0.1) is 0 Å². The molecule has 0 spiro atoms. The van der Waals surface area contributed by atoms with Gasteiger partial charge in [0.1, 0.15) is 5.75 Å². The zero-order valence-corrected chi connectivity index (χ0v) is 12.7. The van der Waals surface area contributed by atoms with Gasteiger partial charge in [-0.1, -0.05) is 23.2 Å². The average molecular weight is 320 g/mol. The van der Waals surface area contributed by atoms with Crippen LogP contribution in [0.3, 0.4) is 0 Å². The van der Waals surface area contributed by atoms with Crippen molar-refractivity contribution >= 4 is 29.0 Å². The number of hydrogen-bond donors (Lipinski definition) is 0. The molecule has 1 atom stereocenters. The fourth-order valence-electron chi connectivity index (χ4n) is 1.76. The smallest absolute Gasteiger partial charge is 0.202 e. The summed E-state index contributed by atoms with van der Waals surface area (Å²) in [7, 11) is 0. The predicted octanol–water partition coefficient (Wildman–Crippen LogP) is 4.52. The fraction of sp³-hybridized carbons (Fsp3) is 0.125. The molecule has 3 nitrogen and oxygen atoms in total. The number of benzene rings is 2. The van der Waals surface area contributed by atoms with Crippen molar-refractivity contribution in [3.05, 3.63) is 63.6 Å². The molecule has 2 rings (SSSR count). The highest BCUT2D eigenvalue weighted by atomic mass is 35.5. The Kier molecular flexibility index (Phi) is 4.85. The molecular formula is C16H11Cl2NO2. The van der Waals surface area contributed by atoms with Crippen LogP contribution in [0.15, 0.2) is 42.5 Å². The van der Waals surface area contributed by atoms with Crippen LogP contribution in [0.2, 0.25) is 10.0 Å². The van der Waals surface area contributed by atoms with Crippen LogP contribution in [0.1, 0.15) is 22.8 Å². The minimum atomic E-state index is -0.698. The van der Waals surface area contributed by atoms with Crippen molar-refractivity contribution in [2.24, 2.45) is 0 Å². The van der Waals surface area contributed by atoms with Crippen molar-refractivity contribution in [1.29, 1.82) is 5.26 Å². The summed E-state index contributed by atoms with van der Waals surface area (Å²) in [6, 6.07) is 13.2. The number of ketones is 1. The zero-order valence-electron chi connectivity index (χ0n) is 11.1. The maximum absolute atomic E-state index is 12.2. The standard InChI is InChI=1S/C16H11Cl2NO2/c1-10(16(20)12-3-5-13(17)6-4-12)21-15-7-2-11(9-19)8-14(15)18/h2-8,10H,1H3. The lowest BCUT2D eigenvalue weighted by molar-refractivity contribution is 0.0818. The Bertz CT molecular complexity index is 705. The van der Waals surface area contributed by atoms with Gasteiger partial charge in [0.2, 0.25) is 5.78 Å². The number of carbonyl (C=O) groups is 1. The van der Waals surface area contributed by atoms with Gasteiger partial charge in [-0.3, -0.25) is 4.79 Å². The average Bonchev–Trinajstić information content (AvgIpc) is 2.49. The molecule has 0 aliphatic carbocycles. The summed E-state index contributed by atoms with van der Waals surface area (Å²) in [5.74, 6) is 0.192. The van der Waals surface area contributed by atoms with Gasteiger partial charge in [-0.05, 0) is 49.4 Å². The molecule has 1 unspecified atom stereocenters. The Labute approximate surface area is 132 Å². The van der Waals surface area contributed by atoms with Gasteiger partial charge in [-0.2, -0.15) is 5.26 Å². The predicted molar refractivity (Wildman–Crippen MR) is 82.0 cm³/mol. The second-order valence-corrected chi connectivity index (χ2v) is 5.23. The lowest BCUT2D eigenvalue weighted by Crippen LogP contribution is -2.24. The third-order valence-corrected chi connectivity index (χ3v) is 3.41. The lowest BCUT2D eigenvalue weighted by Gasteiger charge is -2.15. The molecule has 0 aliphatic rings. The van der Waals surface area contributed by atoms with Gasteiger partial charge in [-0.25, -0.2) is 0 Å². The normalized spacial score (nSPS) is 11.5. The monoisotopic (exact) mass is 319 g/mol. The Morgan fingerprint density at radius 2 is 1.86 bits per heavy atom. The molecule has 2 aromatic rings. The van der Waals surface area contributed by atoms with Crippen LogP contribution in [0.4, 0.5) is 0 Å². The molecule has 0 aliphatic heterocycles. The van der Waals surface area contributed by atoms with E-state index in [0.717, 1.165) is 0 Å². The molecule has 21 heavy (non-hydrogen) atoms. The Morgan fingerprint density at radius 3 is 2.43 bits per heavy atom. The molecular weight excluding hydrogens is 309 g/mol. The number of hydrogen-bond acceptors (Lipinski definition) is 3. The van der Waals surface area contributed by atoms with Crippen molar-refractivity contribution in [1.82, 2.24) is 0 Å². The largest absolute Gasteiger partial charge is 0.481 e. The molecule has 0 heterocycles. The Morgan fingerprint density at radius 1 is 1.19 bits per heavy atom. The molecule has 106 valence electrons. The summed E-state index contributed by atoms with van der Waals surface area (Å²) in [6.07, 6.45) is -0.698. The third kappa shape index (κ3) is 3.75. The second-order valence-electron chi connectivity index (χ2n) is 4.39. The molecule has 5 heteroatoms. The summed E-state index contributed by atoms with van der Waals surface area (Å²) >= 11 is 11.8. The first-order valence-electron chi connectivity index (χ1n) is 6.17. The molecule has 0 N–H and O–H groups in total. The highest BCUT2D eigenvalue weighted by Gasteiger charge is 2.18. The molecule has 0 bridgehead atoms. The lowest BCUT2D eigenvalue weighted by atomic mass is 10.1. The molecule has 0 saturated carbocycles. The molecule has 0 aromatic heterocycles. The summed E-state index contributed by atoms with van der Waals surface area (Å²) in [5.41, 5.74) is 0.945. The van der Waals surface area contributed by atoms with Crippen LogP contribution < -0.4 is 4.74 Å². The van der Waals surface area contributed by atoms with E-state index in [-0.39, 0.29) is 5.78 Å². The zero-order chi connectivity index (χ0) is 15.4. The number of nitriles is 1. The fourth-order valence-corrected chi connectivity index (χ4v) is 2.11. The van der Waals surface area contributed by atoms with E-state index in [9.17, 15) is 4.79 Å². The maximum Gasteiger partial charge on any atom is 0.202 e. The highest BCUT2D eigenvalue weighted by molar-refractivity contribution is 6.32. The number of halogens is 2. The van der Waals surface area contributed by atoms with Crippen molar-refractivity contribution in [3.63, 3.8) is 0 Å². The van der Waals surface area contributed by atoms with Crippen molar-refractivity contribution in [2.75, 3.05) is 0 Å². The summed E-state index contributed by atoms with van der Waals surface area (Å²) in [4.78, 5) is 12.2. The molecule has 0 fully saturated rings. The minimum Gasteiger partial charge on any atom is -0.481 e. The molecule has 0 saturated heterocycles. The van der Waals surface area contributed by atoms with E-state index in [2.05, 4.69) is 0 Å². The van der Waals surface area contributed by atoms with E-state index in [4.69, 9.17) is 33.2 Å². The van der Waals surface area contributed by atoms with E-state index in [0.29, 0.717) is 26.9 Å². The van der Waals surface area contributed by atoms with Crippen LogP contribution in [-0.4, -0.2) is 11.9 Å². The quantitative estimate of drug-likeness (QED) is 0.779. The van der Waals surface area contributed by atoms with Crippen LogP contribution >= 0.6 is 23.2 Å². The van der Waals surface area contributed by atoms with E-state index < -0.39 is 6.10 Å². The van der Waals surface area contributed by atoms with Gasteiger partial charge in [0.05, 0.1) is 16.7 Å². The minimum absolute atomic E-state index is 0.174. The van der Waals surface area contributed by atoms with Crippen LogP contribution in [-0.2, 0) is 0 Å². The number of Topliss-reactive ketones (excluding diaryl/α,β-unsaturated/α-hetero) is 1. The van der Waals surface area contributed by atoms with Gasteiger partial charge in [0.25, 0.3) is 0 Å². The Hall–Kier alpha value is -2.02. The summed E-state index contributed by atoms with van der Waals surface area (Å²) < 4.78 is 5.57. The molecule has 2 aromatic carbocycles. The van der Waals surface area contributed by atoms with Crippen LogP contribution in [0.25, 0.3) is 0 Å². The number of carbonyl (C=O) groups excluding carboxylic acids is 1. The van der Waals surface area contributed by atoms with Gasteiger partial charge in [0, 0.05) is 10.6 Å². The van der Waals surface area contributed by atoms with E-state index >= 15 is 0 Å². The first kappa shape index (κ1) is 15.4. The summed E-state index contributed by atoms with van der Waals surface area (Å²) in [5, 5.41) is 9.64. The number of ether oxygens (including phenoxy) is 1. The van der Waals surface area contributed by atoms with Crippen molar-refractivity contribution < 1.29 is 9.53 Å². The SMILES string of the molecule is CC(Oc1ccc(C#N)cc1Cl)C(=O)c1ccc(Cl)cc1.